The highest BCUT2D eigenvalue weighted by Gasteiger charge is 2.30. The average molecular weight is 440 g/mol. The van der Waals surface area contributed by atoms with Crippen molar-refractivity contribution in [3.63, 3.8) is 0 Å². The number of aromatic nitrogens is 1. The molecule has 2 heterocycles. The summed E-state index contributed by atoms with van der Waals surface area (Å²) in [5.74, 6) is 0.0624. The molecule has 0 amide bonds. The van der Waals surface area contributed by atoms with Crippen molar-refractivity contribution in [2.45, 2.75) is 51.2 Å². The number of benzene rings is 1. The Balaban J connectivity index is 1.72. The van der Waals surface area contributed by atoms with Crippen LogP contribution in [-0.2, 0) is 17.6 Å². The normalized spacial score (nSPS) is 18.1. The molecular formula is C24H25NO5S. The molecular weight excluding hydrogens is 414 g/mol. The lowest BCUT2D eigenvalue weighted by Gasteiger charge is -2.17. The molecule has 0 saturated heterocycles. The van der Waals surface area contributed by atoms with Crippen molar-refractivity contribution in [2.24, 2.45) is 0 Å². The van der Waals surface area contributed by atoms with Crippen LogP contribution in [-0.4, -0.2) is 35.5 Å². The highest BCUT2D eigenvalue weighted by Crippen LogP contribution is 2.45. The zero-order valence-electron chi connectivity index (χ0n) is 17.6. The third kappa shape index (κ3) is 3.46. The fraction of sp³-hybridized carbons (Fsp3) is 0.417. The number of hydrogen-bond acceptors (Lipinski definition) is 6. The number of carbonyl (C=O) groups excluding carboxylic acids is 1. The molecule has 7 heteroatoms. The topological polar surface area (TPSA) is 77.8 Å². The Kier molecular flexibility index (Phi) is 5.10. The number of fused-ring (bicyclic) bond motifs is 2. The van der Waals surface area contributed by atoms with E-state index in [0.717, 1.165) is 41.6 Å². The second-order valence-corrected chi connectivity index (χ2v) is 9.37. The van der Waals surface area contributed by atoms with Gasteiger partial charge in [0.2, 0.25) is 5.43 Å². The predicted octanol–water partition coefficient (Wildman–Crippen LogP) is 4.10. The Morgan fingerprint density at radius 1 is 1.29 bits per heavy atom. The first-order valence-electron chi connectivity index (χ1n) is 10.7. The van der Waals surface area contributed by atoms with E-state index in [9.17, 15) is 14.7 Å². The van der Waals surface area contributed by atoms with Crippen molar-refractivity contribution < 1.29 is 19.4 Å². The predicted molar refractivity (Wildman–Crippen MR) is 120 cm³/mol. The van der Waals surface area contributed by atoms with E-state index in [1.165, 1.54) is 10.4 Å². The van der Waals surface area contributed by atoms with E-state index in [-0.39, 0.29) is 29.7 Å². The minimum Gasteiger partial charge on any atom is -0.494 e. The molecule has 162 valence electrons. The number of nitrogens with zero attached hydrogens (tertiary/aromatic N) is 1. The van der Waals surface area contributed by atoms with Crippen molar-refractivity contribution in [1.29, 1.82) is 0 Å². The molecule has 0 spiro atoms. The molecule has 6 nitrogen and oxygen atoms in total. The maximum atomic E-state index is 13.2. The Morgan fingerprint density at radius 3 is 2.81 bits per heavy atom. The minimum atomic E-state index is -0.587. The van der Waals surface area contributed by atoms with E-state index in [1.807, 2.05) is 10.6 Å². The van der Waals surface area contributed by atoms with E-state index >= 15 is 0 Å². The molecule has 1 aromatic carbocycles. The van der Waals surface area contributed by atoms with Crippen LogP contribution in [0.3, 0.4) is 0 Å². The van der Waals surface area contributed by atoms with E-state index in [4.69, 9.17) is 9.47 Å². The molecule has 31 heavy (non-hydrogen) atoms. The Hall–Kier alpha value is -2.64. The summed E-state index contributed by atoms with van der Waals surface area (Å²) in [6.07, 6.45) is 5.71. The van der Waals surface area contributed by atoms with Gasteiger partial charge < -0.3 is 19.1 Å². The second-order valence-electron chi connectivity index (χ2n) is 8.23. The summed E-state index contributed by atoms with van der Waals surface area (Å²) in [5, 5.41) is 10.5. The molecule has 1 unspecified atom stereocenters. The first-order chi connectivity index (χ1) is 15.0. The fourth-order valence-electron chi connectivity index (χ4n) is 4.45. The van der Waals surface area contributed by atoms with E-state index in [1.54, 1.807) is 37.6 Å². The van der Waals surface area contributed by atoms with Crippen molar-refractivity contribution >= 4 is 28.2 Å². The SMILES string of the molecule is CCOC(=O)c1cn(C2CC2)c2c(OC)c(-c3cc4c(s3)CCC(O)C4)ccc2c1=O. The lowest BCUT2D eigenvalue weighted by Crippen LogP contribution is -2.21. The number of thiophene rings is 1. The number of methoxy groups -OCH3 is 1. The van der Waals surface area contributed by atoms with E-state index in [0.29, 0.717) is 17.6 Å². The van der Waals surface area contributed by atoms with Crippen LogP contribution in [0.1, 0.15) is 53.0 Å². The lowest BCUT2D eigenvalue weighted by molar-refractivity contribution is 0.0524. The number of aryl methyl sites for hydroxylation is 1. The van der Waals surface area contributed by atoms with Gasteiger partial charge in [-0.1, -0.05) is 0 Å². The summed E-state index contributed by atoms with van der Waals surface area (Å²) >= 11 is 1.72. The first kappa shape index (κ1) is 20.3. The molecule has 2 aromatic heterocycles. The van der Waals surface area contributed by atoms with Crippen LogP contribution < -0.4 is 10.2 Å². The van der Waals surface area contributed by atoms with Gasteiger partial charge in [-0.2, -0.15) is 0 Å². The molecule has 1 saturated carbocycles. The van der Waals surface area contributed by atoms with Crippen molar-refractivity contribution in [3.05, 3.63) is 50.6 Å². The van der Waals surface area contributed by atoms with Gasteiger partial charge in [0, 0.05) is 27.6 Å². The second kappa shape index (κ2) is 7.80. The Morgan fingerprint density at radius 2 is 2.10 bits per heavy atom. The number of pyridine rings is 1. The van der Waals surface area contributed by atoms with Crippen LogP contribution in [0, 0.1) is 0 Å². The van der Waals surface area contributed by atoms with Crippen molar-refractivity contribution in [3.8, 4) is 16.2 Å². The van der Waals surface area contributed by atoms with Crippen LogP contribution in [0.15, 0.2) is 29.2 Å². The Labute approximate surface area is 184 Å². The summed E-state index contributed by atoms with van der Waals surface area (Å²) in [6.45, 7) is 1.95. The number of aliphatic hydroxyl groups excluding tert-OH is 1. The van der Waals surface area contributed by atoms with Gasteiger partial charge >= 0.3 is 5.97 Å². The number of ether oxygens (including phenoxy) is 2. The quantitative estimate of drug-likeness (QED) is 0.606. The lowest BCUT2D eigenvalue weighted by atomic mass is 9.96. The van der Waals surface area contributed by atoms with Gasteiger partial charge in [0.25, 0.3) is 0 Å². The Bertz CT molecular complexity index is 1240. The largest absolute Gasteiger partial charge is 0.494 e. The van der Waals surface area contributed by atoms with Gasteiger partial charge in [-0.05, 0) is 62.8 Å². The van der Waals surface area contributed by atoms with E-state index < -0.39 is 5.97 Å². The molecule has 2 aliphatic carbocycles. The van der Waals surface area contributed by atoms with Gasteiger partial charge in [0.1, 0.15) is 5.56 Å². The van der Waals surface area contributed by atoms with Crippen LogP contribution in [0.5, 0.6) is 5.75 Å². The van der Waals surface area contributed by atoms with Crippen LogP contribution in [0.2, 0.25) is 0 Å². The molecule has 1 fully saturated rings. The fourth-order valence-corrected chi connectivity index (χ4v) is 5.68. The zero-order chi connectivity index (χ0) is 21.7. The van der Waals surface area contributed by atoms with Gasteiger partial charge in [-0.25, -0.2) is 4.79 Å². The van der Waals surface area contributed by atoms with Gasteiger partial charge in [0.15, 0.2) is 5.75 Å². The van der Waals surface area contributed by atoms with Crippen LogP contribution in [0.25, 0.3) is 21.3 Å². The van der Waals surface area contributed by atoms with Gasteiger partial charge in [-0.3, -0.25) is 4.79 Å². The van der Waals surface area contributed by atoms with Gasteiger partial charge in [0.05, 0.1) is 30.7 Å². The maximum absolute atomic E-state index is 13.2. The number of aliphatic hydroxyl groups is 1. The highest BCUT2D eigenvalue weighted by molar-refractivity contribution is 7.15. The average Bonchev–Trinajstić information content (AvgIpc) is 3.52. The molecule has 1 N–H and O–H groups in total. The summed E-state index contributed by atoms with van der Waals surface area (Å²) in [7, 11) is 1.62. The first-order valence-corrected chi connectivity index (χ1v) is 11.6. The van der Waals surface area contributed by atoms with E-state index in [2.05, 4.69) is 6.07 Å². The van der Waals surface area contributed by atoms with Crippen LogP contribution in [0.4, 0.5) is 0 Å². The third-order valence-corrected chi connectivity index (χ3v) is 7.38. The summed E-state index contributed by atoms with van der Waals surface area (Å²) in [4.78, 5) is 27.9. The molecule has 2 aliphatic rings. The molecule has 0 radical (unpaired) electrons. The molecule has 0 aliphatic heterocycles. The molecule has 1 atom stereocenters. The maximum Gasteiger partial charge on any atom is 0.343 e. The smallest absolute Gasteiger partial charge is 0.343 e. The third-order valence-electron chi connectivity index (χ3n) is 6.11. The minimum absolute atomic E-state index is 0.0663. The zero-order valence-corrected chi connectivity index (χ0v) is 18.5. The summed E-state index contributed by atoms with van der Waals surface area (Å²) in [5.41, 5.74) is 2.59. The summed E-state index contributed by atoms with van der Waals surface area (Å²) in [6, 6.07) is 6.08. The van der Waals surface area contributed by atoms with Crippen LogP contribution >= 0.6 is 11.3 Å². The standard InChI is InChI=1S/C24H25NO5S/c1-3-30-24(28)18-12-25(14-4-5-14)21-17(22(18)27)8-7-16(23(21)29-2)20-11-13-10-15(26)6-9-19(13)31-20/h7-8,11-12,14-15,26H,3-6,9-10H2,1-2H3. The number of hydrogen-bond donors (Lipinski definition) is 1. The number of esters is 1. The molecule has 3 aromatic rings. The van der Waals surface area contributed by atoms with Crippen molar-refractivity contribution in [2.75, 3.05) is 13.7 Å². The van der Waals surface area contributed by atoms with Gasteiger partial charge in [-0.15, -0.1) is 11.3 Å². The summed E-state index contributed by atoms with van der Waals surface area (Å²) < 4.78 is 13.0. The monoisotopic (exact) mass is 439 g/mol. The molecule has 5 rings (SSSR count). The number of carbonyl (C=O) groups is 1. The molecule has 0 bridgehead atoms. The van der Waals surface area contributed by atoms with Crippen molar-refractivity contribution in [1.82, 2.24) is 4.57 Å². The number of rotatable bonds is 5. The highest BCUT2D eigenvalue weighted by atomic mass is 32.1.